The minimum absolute atomic E-state index is 0.527. The summed E-state index contributed by atoms with van der Waals surface area (Å²) in [6.07, 6.45) is 0. The third-order valence-corrected chi connectivity index (χ3v) is 9.59. The molecule has 3 aromatic heterocycles. The Morgan fingerprint density at radius 2 is 1.04 bits per heavy atom. The highest BCUT2D eigenvalue weighted by atomic mass is 16.3. The fourth-order valence-corrected chi connectivity index (χ4v) is 7.14. The summed E-state index contributed by atoms with van der Waals surface area (Å²) in [5.41, 5.74) is 11.0. The maximum atomic E-state index is 6.42. The molecule has 0 saturated heterocycles. The first-order valence-corrected chi connectivity index (χ1v) is 16.8. The van der Waals surface area contributed by atoms with Gasteiger partial charge in [-0.3, -0.25) is 0 Å². The number of aromatic nitrogens is 3. The smallest absolute Gasteiger partial charge is 0.185 e. The molecule has 0 radical (unpaired) electrons. The monoisotopic (exact) mass is 643 g/mol. The molecule has 0 atom stereocenters. The number of fused-ring (bicyclic) bond motifs is 6. The fraction of sp³-hybridized carbons (Fsp3) is 0.0222. The lowest BCUT2D eigenvalue weighted by Crippen LogP contribution is -2.05. The molecule has 5 heteroatoms. The van der Waals surface area contributed by atoms with Gasteiger partial charge in [0, 0.05) is 27.1 Å². The van der Waals surface area contributed by atoms with E-state index in [1.54, 1.807) is 0 Å². The number of hydrogen-bond donors (Lipinski definition) is 0. The summed E-state index contributed by atoms with van der Waals surface area (Å²) < 4.78 is 14.6. The van der Waals surface area contributed by atoms with Crippen LogP contribution in [0.5, 0.6) is 0 Å². The molecule has 5 nitrogen and oxygen atoms in total. The van der Waals surface area contributed by atoms with Crippen molar-refractivity contribution >= 4 is 43.9 Å². The van der Waals surface area contributed by atoms with Gasteiger partial charge in [0.1, 0.15) is 22.3 Å². The van der Waals surface area contributed by atoms with Crippen molar-refractivity contribution in [2.45, 2.75) is 6.54 Å². The van der Waals surface area contributed by atoms with E-state index in [-0.39, 0.29) is 0 Å². The van der Waals surface area contributed by atoms with Crippen LogP contribution in [0, 0.1) is 0 Å². The summed E-state index contributed by atoms with van der Waals surface area (Å²) in [6.45, 7) is 0.527. The molecule has 0 unspecified atom stereocenters. The molecule has 10 rings (SSSR count). The van der Waals surface area contributed by atoms with Gasteiger partial charge in [-0.1, -0.05) is 127 Å². The van der Waals surface area contributed by atoms with Gasteiger partial charge >= 0.3 is 0 Å². The molecule has 10 aromatic rings. The minimum Gasteiger partial charge on any atom is -0.456 e. The Hall–Kier alpha value is -6.72. The molecule has 7 aromatic carbocycles. The third-order valence-electron chi connectivity index (χ3n) is 9.59. The van der Waals surface area contributed by atoms with Crippen LogP contribution >= 0.6 is 0 Å². The van der Waals surface area contributed by atoms with Gasteiger partial charge in [0.15, 0.2) is 11.6 Å². The summed E-state index contributed by atoms with van der Waals surface area (Å²) in [5, 5.41) is 9.46. The van der Waals surface area contributed by atoms with Crippen LogP contribution in [0.4, 0.5) is 0 Å². The second kappa shape index (κ2) is 11.5. The fourth-order valence-electron chi connectivity index (χ4n) is 7.14. The van der Waals surface area contributed by atoms with E-state index >= 15 is 0 Å². The van der Waals surface area contributed by atoms with Crippen molar-refractivity contribution in [3.8, 4) is 45.0 Å². The van der Waals surface area contributed by atoms with Crippen LogP contribution in [0.15, 0.2) is 173 Å². The first-order valence-electron chi connectivity index (χ1n) is 16.8. The lowest BCUT2D eigenvalue weighted by atomic mass is 9.97. The average molecular weight is 644 g/mol. The number of hydrogen-bond acceptors (Lipinski definition) is 4. The quantitative estimate of drug-likeness (QED) is 0.181. The number of benzene rings is 7. The van der Waals surface area contributed by atoms with Crippen LogP contribution in [0.25, 0.3) is 88.9 Å². The minimum atomic E-state index is 0.527. The first kappa shape index (κ1) is 28.3. The maximum Gasteiger partial charge on any atom is 0.185 e. The van der Waals surface area contributed by atoms with Crippen molar-refractivity contribution in [2.75, 3.05) is 0 Å². The molecule has 0 bridgehead atoms. The van der Waals surface area contributed by atoms with Crippen LogP contribution in [-0.2, 0) is 6.54 Å². The Bertz CT molecular complexity index is 2840. The number of nitrogens with zero attached hydrogens (tertiary/aromatic N) is 3. The predicted octanol–water partition coefficient (Wildman–Crippen LogP) is 11.8. The highest BCUT2D eigenvalue weighted by molar-refractivity contribution is 6.09. The zero-order valence-corrected chi connectivity index (χ0v) is 27.0. The van der Waals surface area contributed by atoms with Crippen LogP contribution in [0.1, 0.15) is 5.56 Å². The van der Waals surface area contributed by atoms with Gasteiger partial charge in [-0.25, -0.2) is 9.67 Å². The highest BCUT2D eigenvalue weighted by Crippen LogP contribution is 2.37. The Balaban J connectivity index is 1.12. The zero-order chi connectivity index (χ0) is 33.0. The van der Waals surface area contributed by atoms with Crippen LogP contribution < -0.4 is 0 Å². The second-order valence-electron chi connectivity index (χ2n) is 12.6. The first-order chi connectivity index (χ1) is 24.8. The van der Waals surface area contributed by atoms with Crippen LogP contribution in [0.3, 0.4) is 0 Å². The Morgan fingerprint density at radius 1 is 0.440 bits per heavy atom. The van der Waals surface area contributed by atoms with Gasteiger partial charge < -0.3 is 8.83 Å². The molecule has 0 saturated carbocycles. The normalized spacial score (nSPS) is 11.7. The van der Waals surface area contributed by atoms with Gasteiger partial charge in [-0.05, 0) is 64.2 Å². The van der Waals surface area contributed by atoms with E-state index in [0.29, 0.717) is 12.4 Å². The number of furan rings is 2. The van der Waals surface area contributed by atoms with Crippen molar-refractivity contribution in [2.24, 2.45) is 0 Å². The van der Waals surface area contributed by atoms with Crippen molar-refractivity contribution < 1.29 is 8.83 Å². The average Bonchev–Trinajstić information content (AvgIpc) is 3.89. The Kier molecular flexibility index (Phi) is 6.49. The maximum absolute atomic E-state index is 6.42. The molecule has 3 heterocycles. The standard InChI is InChI=1S/C45H29N3O2/c1-2-11-29(12-3-1)30-21-23-31(24-22-30)34-14-5-4-13-33(34)28-48-45(32-25-26-42-39(27-32)36-16-7-8-19-40(36)49-42)46-44(47-48)38-18-10-17-37-35-15-6-9-20-41(35)50-43(37)38/h1-27H,28H2. The highest BCUT2D eigenvalue weighted by Gasteiger charge is 2.20. The largest absolute Gasteiger partial charge is 0.456 e. The summed E-state index contributed by atoms with van der Waals surface area (Å²) in [7, 11) is 0. The SMILES string of the molecule is c1ccc(-c2ccc(-c3ccccc3Cn3nc(-c4cccc5c4oc4ccccc45)nc3-c3ccc4oc5ccccc5c4c3)cc2)cc1. The van der Waals surface area contributed by atoms with Gasteiger partial charge in [-0.15, -0.1) is 5.10 Å². The molecule has 0 amide bonds. The molecular formula is C45H29N3O2. The molecule has 50 heavy (non-hydrogen) atoms. The summed E-state index contributed by atoms with van der Waals surface area (Å²) >= 11 is 0. The van der Waals surface area contributed by atoms with Crippen molar-refractivity contribution in [1.82, 2.24) is 14.8 Å². The van der Waals surface area contributed by atoms with Crippen LogP contribution in [-0.4, -0.2) is 14.8 Å². The molecular weight excluding hydrogens is 615 g/mol. The topological polar surface area (TPSA) is 57.0 Å². The van der Waals surface area contributed by atoms with E-state index < -0.39 is 0 Å². The second-order valence-corrected chi connectivity index (χ2v) is 12.6. The molecule has 0 spiro atoms. The predicted molar refractivity (Wildman–Crippen MR) is 202 cm³/mol. The van der Waals surface area contributed by atoms with E-state index in [0.717, 1.165) is 77.5 Å². The van der Waals surface area contributed by atoms with Crippen molar-refractivity contribution in [3.63, 3.8) is 0 Å². The Morgan fingerprint density at radius 3 is 1.88 bits per heavy atom. The number of para-hydroxylation sites is 3. The zero-order valence-electron chi connectivity index (χ0n) is 27.0. The van der Waals surface area contributed by atoms with Crippen LogP contribution in [0.2, 0.25) is 0 Å². The van der Waals surface area contributed by atoms with Crippen molar-refractivity contribution in [1.29, 1.82) is 0 Å². The molecule has 0 aliphatic rings. The summed E-state index contributed by atoms with van der Waals surface area (Å²) in [6, 6.07) is 56.6. The summed E-state index contributed by atoms with van der Waals surface area (Å²) in [4.78, 5) is 5.25. The van der Waals surface area contributed by atoms with Gasteiger partial charge in [-0.2, -0.15) is 0 Å². The van der Waals surface area contributed by atoms with E-state index in [1.165, 1.54) is 11.1 Å². The summed E-state index contributed by atoms with van der Waals surface area (Å²) in [5.74, 6) is 1.39. The van der Waals surface area contributed by atoms with E-state index in [9.17, 15) is 0 Å². The lowest BCUT2D eigenvalue weighted by Gasteiger charge is -2.12. The third kappa shape index (κ3) is 4.71. The molecule has 0 aliphatic carbocycles. The van der Waals surface area contributed by atoms with Gasteiger partial charge in [0.2, 0.25) is 0 Å². The Labute approximate surface area is 287 Å². The van der Waals surface area contributed by atoms with E-state index in [2.05, 4.69) is 109 Å². The van der Waals surface area contributed by atoms with Gasteiger partial charge in [0.05, 0.1) is 12.1 Å². The molecule has 236 valence electrons. The van der Waals surface area contributed by atoms with Gasteiger partial charge in [0.25, 0.3) is 0 Å². The molecule has 0 aliphatic heterocycles. The molecule has 0 N–H and O–H groups in total. The van der Waals surface area contributed by atoms with Crippen molar-refractivity contribution in [3.05, 3.63) is 169 Å². The lowest BCUT2D eigenvalue weighted by molar-refractivity contribution is 0.667. The van der Waals surface area contributed by atoms with E-state index in [1.807, 2.05) is 59.3 Å². The van der Waals surface area contributed by atoms with E-state index in [4.69, 9.17) is 18.9 Å². The number of rotatable bonds is 6. The molecule has 0 fully saturated rings.